The van der Waals surface area contributed by atoms with Crippen LogP contribution in [0.4, 0.5) is 4.39 Å². The minimum atomic E-state index is -0.662. The van der Waals surface area contributed by atoms with E-state index in [1.54, 1.807) is 6.07 Å². The molecule has 0 unspecified atom stereocenters. The maximum Gasteiger partial charge on any atom is 0.284 e. The molecule has 3 N–H and O–H groups in total. The number of imidazole rings is 1. The number of nitrogens with one attached hydrogen (secondary N) is 1. The highest BCUT2D eigenvalue weighted by Gasteiger charge is 2.09. The summed E-state index contributed by atoms with van der Waals surface area (Å²) in [6.07, 6.45) is 1.42. The fourth-order valence-electron chi connectivity index (χ4n) is 1.43. The molecule has 6 heteroatoms. The van der Waals surface area contributed by atoms with Gasteiger partial charge in [-0.3, -0.25) is 4.79 Å². The largest absolute Gasteiger partial charge is 0.494 e. The number of benzene rings is 1. The molecule has 5 nitrogen and oxygen atoms in total. The predicted octanol–water partition coefficient (Wildman–Crippen LogP) is 1.32. The van der Waals surface area contributed by atoms with Crippen molar-refractivity contribution in [3.8, 4) is 17.0 Å². The van der Waals surface area contributed by atoms with Gasteiger partial charge in [0.25, 0.3) is 5.91 Å². The molecule has 0 fully saturated rings. The van der Waals surface area contributed by atoms with E-state index < -0.39 is 11.7 Å². The van der Waals surface area contributed by atoms with Crippen LogP contribution in [0.1, 0.15) is 10.6 Å². The van der Waals surface area contributed by atoms with E-state index in [9.17, 15) is 9.18 Å². The lowest BCUT2D eigenvalue weighted by Crippen LogP contribution is -2.12. The van der Waals surface area contributed by atoms with Gasteiger partial charge < -0.3 is 15.5 Å². The molecule has 1 aromatic heterocycles. The molecule has 0 bridgehead atoms. The van der Waals surface area contributed by atoms with Gasteiger partial charge in [0.15, 0.2) is 17.4 Å². The van der Waals surface area contributed by atoms with Crippen LogP contribution >= 0.6 is 0 Å². The van der Waals surface area contributed by atoms with Crippen LogP contribution in [0.15, 0.2) is 24.4 Å². The van der Waals surface area contributed by atoms with Crippen molar-refractivity contribution in [1.29, 1.82) is 0 Å². The zero-order valence-electron chi connectivity index (χ0n) is 9.03. The van der Waals surface area contributed by atoms with Gasteiger partial charge >= 0.3 is 0 Å². The number of halogens is 1. The highest BCUT2D eigenvalue weighted by Crippen LogP contribution is 2.24. The van der Waals surface area contributed by atoms with Crippen LogP contribution in [0.5, 0.6) is 5.75 Å². The maximum absolute atomic E-state index is 13.5. The van der Waals surface area contributed by atoms with Gasteiger partial charge in [-0.1, -0.05) is 0 Å². The molecule has 0 spiro atoms. The Labute approximate surface area is 96.4 Å². The van der Waals surface area contributed by atoms with Crippen LogP contribution in [-0.2, 0) is 0 Å². The van der Waals surface area contributed by atoms with Crippen molar-refractivity contribution in [3.63, 3.8) is 0 Å². The summed E-state index contributed by atoms with van der Waals surface area (Å²) >= 11 is 0. The third-order valence-corrected chi connectivity index (χ3v) is 2.27. The van der Waals surface area contributed by atoms with Crippen LogP contribution in [0.2, 0.25) is 0 Å². The molecule has 88 valence electrons. The smallest absolute Gasteiger partial charge is 0.284 e. The molecule has 0 atom stereocenters. The van der Waals surface area contributed by atoms with Crippen molar-refractivity contribution in [2.24, 2.45) is 5.73 Å². The zero-order valence-corrected chi connectivity index (χ0v) is 9.03. The summed E-state index contributed by atoms with van der Waals surface area (Å²) < 4.78 is 18.3. The highest BCUT2D eigenvalue weighted by molar-refractivity contribution is 5.89. The van der Waals surface area contributed by atoms with Gasteiger partial charge in [0.2, 0.25) is 0 Å². The van der Waals surface area contributed by atoms with E-state index in [0.29, 0.717) is 11.3 Å². The van der Waals surface area contributed by atoms with Crippen molar-refractivity contribution in [2.45, 2.75) is 0 Å². The van der Waals surface area contributed by atoms with Gasteiger partial charge in [0.05, 0.1) is 19.0 Å². The Morgan fingerprint density at radius 2 is 2.29 bits per heavy atom. The summed E-state index contributed by atoms with van der Waals surface area (Å²) in [5.74, 6) is -0.954. The second-order valence-electron chi connectivity index (χ2n) is 3.36. The number of primary amides is 1. The molecular formula is C11H10FN3O2. The number of nitrogens with two attached hydrogens (primary N) is 1. The van der Waals surface area contributed by atoms with Gasteiger partial charge in [-0.05, 0) is 18.2 Å². The van der Waals surface area contributed by atoms with Crippen LogP contribution in [0.25, 0.3) is 11.3 Å². The second-order valence-corrected chi connectivity index (χ2v) is 3.36. The number of methoxy groups -OCH3 is 1. The summed E-state index contributed by atoms with van der Waals surface area (Å²) in [6, 6.07) is 4.44. The molecule has 2 aromatic rings. The molecule has 1 amide bonds. The quantitative estimate of drug-likeness (QED) is 0.841. The van der Waals surface area contributed by atoms with Gasteiger partial charge in [-0.25, -0.2) is 9.37 Å². The van der Waals surface area contributed by atoms with E-state index in [2.05, 4.69) is 9.97 Å². The van der Waals surface area contributed by atoms with E-state index in [-0.39, 0.29) is 11.6 Å². The third kappa shape index (κ3) is 2.10. The number of ether oxygens (including phenoxy) is 1. The monoisotopic (exact) mass is 235 g/mol. The van der Waals surface area contributed by atoms with Gasteiger partial charge in [-0.15, -0.1) is 0 Å². The first-order chi connectivity index (χ1) is 8.11. The highest BCUT2D eigenvalue weighted by atomic mass is 19.1. The zero-order chi connectivity index (χ0) is 12.4. The van der Waals surface area contributed by atoms with E-state index in [0.717, 1.165) is 0 Å². The second kappa shape index (κ2) is 4.25. The number of carbonyl (C=O) groups excluding carboxylic acids is 1. The molecule has 0 saturated carbocycles. The Kier molecular flexibility index (Phi) is 2.78. The average molecular weight is 235 g/mol. The average Bonchev–Trinajstić information content (AvgIpc) is 2.78. The van der Waals surface area contributed by atoms with E-state index in [1.165, 1.54) is 25.4 Å². The van der Waals surface area contributed by atoms with Crippen molar-refractivity contribution >= 4 is 5.91 Å². The maximum atomic E-state index is 13.5. The molecule has 1 heterocycles. The first kappa shape index (κ1) is 11.1. The standard InChI is InChI=1S/C11H10FN3O2/c1-17-9-3-2-6(4-7(9)12)8-5-14-11(15-8)10(13)16/h2-5H,1H3,(H2,13,16)(H,14,15). The fraction of sp³-hybridized carbons (Fsp3) is 0.0909. The molecule has 17 heavy (non-hydrogen) atoms. The van der Waals surface area contributed by atoms with Crippen LogP contribution < -0.4 is 10.5 Å². The SMILES string of the molecule is COc1ccc(-c2cnc(C(N)=O)[nH]2)cc1F. The number of rotatable bonds is 3. The molecule has 0 saturated heterocycles. The number of amides is 1. The van der Waals surface area contributed by atoms with Crippen LogP contribution in [-0.4, -0.2) is 23.0 Å². The van der Waals surface area contributed by atoms with Crippen molar-refractivity contribution in [3.05, 3.63) is 36.0 Å². The molecule has 0 radical (unpaired) electrons. The Morgan fingerprint density at radius 3 is 2.82 bits per heavy atom. The van der Waals surface area contributed by atoms with Gasteiger partial charge in [-0.2, -0.15) is 0 Å². The molecule has 1 aromatic carbocycles. The normalized spacial score (nSPS) is 10.2. The van der Waals surface area contributed by atoms with Gasteiger partial charge in [0, 0.05) is 5.56 Å². The fourth-order valence-corrected chi connectivity index (χ4v) is 1.43. The molecule has 0 aliphatic carbocycles. The minimum Gasteiger partial charge on any atom is -0.494 e. The Balaban J connectivity index is 2.39. The predicted molar refractivity (Wildman–Crippen MR) is 59.1 cm³/mol. The number of nitrogens with zero attached hydrogens (tertiary/aromatic N) is 1. The van der Waals surface area contributed by atoms with Crippen molar-refractivity contribution < 1.29 is 13.9 Å². The third-order valence-electron chi connectivity index (χ3n) is 2.27. The number of aromatic amines is 1. The topological polar surface area (TPSA) is 81.0 Å². The first-order valence-electron chi connectivity index (χ1n) is 4.80. The molecular weight excluding hydrogens is 225 g/mol. The summed E-state index contributed by atoms with van der Waals surface area (Å²) in [5.41, 5.74) is 6.13. The van der Waals surface area contributed by atoms with Crippen molar-refractivity contribution in [1.82, 2.24) is 9.97 Å². The molecule has 0 aliphatic heterocycles. The lowest BCUT2D eigenvalue weighted by molar-refractivity contribution is 0.0991. The lowest BCUT2D eigenvalue weighted by atomic mass is 10.1. The van der Waals surface area contributed by atoms with E-state index in [4.69, 9.17) is 10.5 Å². The Bertz CT molecular complexity index is 566. The summed E-state index contributed by atoms with van der Waals surface area (Å²) in [5, 5.41) is 0. The van der Waals surface area contributed by atoms with Crippen LogP contribution in [0.3, 0.4) is 0 Å². The number of hydrogen-bond donors (Lipinski definition) is 2. The lowest BCUT2D eigenvalue weighted by Gasteiger charge is -2.03. The number of H-pyrrole nitrogens is 1. The molecule has 2 rings (SSSR count). The summed E-state index contributed by atoms with van der Waals surface area (Å²) in [4.78, 5) is 17.3. The number of aromatic nitrogens is 2. The Morgan fingerprint density at radius 1 is 1.53 bits per heavy atom. The number of carbonyl (C=O) groups is 1. The summed E-state index contributed by atoms with van der Waals surface area (Å²) in [7, 11) is 1.39. The van der Waals surface area contributed by atoms with Crippen LogP contribution in [0, 0.1) is 5.82 Å². The first-order valence-corrected chi connectivity index (χ1v) is 4.80. The minimum absolute atomic E-state index is 0.0382. The summed E-state index contributed by atoms with van der Waals surface area (Å²) in [6.45, 7) is 0. The van der Waals surface area contributed by atoms with Crippen molar-refractivity contribution in [2.75, 3.05) is 7.11 Å². The number of hydrogen-bond acceptors (Lipinski definition) is 3. The van der Waals surface area contributed by atoms with E-state index >= 15 is 0 Å². The van der Waals surface area contributed by atoms with E-state index in [1.807, 2.05) is 0 Å². The molecule has 0 aliphatic rings. The Hall–Kier alpha value is -2.37. The van der Waals surface area contributed by atoms with Gasteiger partial charge in [0.1, 0.15) is 0 Å².